The fourth-order valence-electron chi connectivity index (χ4n) is 1.26. The van der Waals surface area contributed by atoms with E-state index in [1.54, 1.807) is 31.2 Å². The van der Waals surface area contributed by atoms with E-state index in [2.05, 4.69) is 10.5 Å². The highest BCUT2D eigenvalue weighted by atomic mass is 35.5. The molecule has 1 aromatic rings. The van der Waals surface area contributed by atoms with Crippen molar-refractivity contribution in [1.29, 1.82) is 0 Å². The summed E-state index contributed by atoms with van der Waals surface area (Å²) in [5, 5.41) is 4.74. The standard InChI is InChI=1S/C13H17ClN2O2/c1-4-18-13(17)12(9(2)3)16-15-11-7-5-10(14)6-8-11/h5-9,15H,4H2,1-3H3/b16-12+. The Bertz CT molecular complexity index is 427. The molecule has 98 valence electrons. The van der Waals surface area contributed by atoms with Crippen LogP contribution in [0.3, 0.4) is 0 Å². The maximum Gasteiger partial charge on any atom is 0.354 e. The van der Waals surface area contributed by atoms with Gasteiger partial charge in [-0.15, -0.1) is 0 Å². The zero-order chi connectivity index (χ0) is 13.5. The highest BCUT2D eigenvalue weighted by Crippen LogP contribution is 2.13. The Morgan fingerprint density at radius 2 is 2.00 bits per heavy atom. The number of carbonyl (C=O) groups excluding carboxylic acids is 1. The molecule has 0 spiro atoms. The van der Waals surface area contributed by atoms with Crippen molar-refractivity contribution in [3.8, 4) is 0 Å². The first kappa shape index (κ1) is 14.5. The van der Waals surface area contributed by atoms with Gasteiger partial charge >= 0.3 is 5.97 Å². The maximum atomic E-state index is 11.6. The number of benzene rings is 1. The lowest BCUT2D eigenvalue weighted by Crippen LogP contribution is -2.24. The zero-order valence-corrected chi connectivity index (χ0v) is 11.5. The minimum absolute atomic E-state index is 0.0103. The molecule has 0 bridgehead atoms. The van der Waals surface area contributed by atoms with E-state index in [-0.39, 0.29) is 5.92 Å². The zero-order valence-electron chi connectivity index (χ0n) is 10.7. The number of anilines is 1. The summed E-state index contributed by atoms with van der Waals surface area (Å²) in [4.78, 5) is 11.6. The first-order valence-corrected chi connectivity index (χ1v) is 6.18. The van der Waals surface area contributed by atoms with Crippen molar-refractivity contribution in [3.63, 3.8) is 0 Å². The molecule has 0 amide bonds. The highest BCUT2D eigenvalue weighted by Gasteiger charge is 2.16. The fourth-order valence-corrected chi connectivity index (χ4v) is 1.39. The molecule has 5 heteroatoms. The van der Waals surface area contributed by atoms with Crippen molar-refractivity contribution in [2.45, 2.75) is 20.8 Å². The summed E-state index contributed by atoms with van der Waals surface area (Å²) in [5.41, 5.74) is 3.95. The third-order valence-corrected chi connectivity index (χ3v) is 2.43. The van der Waals surface area contributed by atoms with Crippen LogP contribution in [0.5, 0.6) is 0 Å². The first-order valence-electron chi connectivity index (χ1n) is 5.80. The molecule has 0 aromatic heterocycles. The lowest BCUT2D eigenvalue weighted by atomic mass is 10.1. The summed E-state index contributed by atoms with van der Waals surface area (Å²) in [6.45, 7) is 5.88. The molecule has 0 aliphatic heterocycles. The maximum absolute atomic E-state index is 11.6. The minimum Gasteiger partial charge on any atom is -0.461 e. The second-order valence-electron chi connectivity index (χ2n) is 3.99. The van der Waals surface area contributed by atoms with Gasteiger partial charge in [0.25, 0.3) is 0 Å². The molecule has 0 saturated carbocycles. The van der Waals surface area contributed by atoms with Crippen LogP contribution in [0.25, 0.3) is 0 Å². The van der Waals surface area contributed by atoms with E-state index in [4.69, 9.17) is 16.3 Å². The van der Waals surface area contributed by atoms with Gasteiger partial charge in [-0.05, 0) is 31.2 Å². The Morgan fingerprint density at radius 3 is 2.50 bits per heavy atom. The molecule has 1 rings (SSSR count). The number of carbonyl (C=O) groups is 1. The molecule has 4 nitrogen and oxygen atoms in total. The van der Waals surface area contributed by atoms with Gasteiger partial charge in [-0.3, -0.25) is 5.43 Å². The van der Waals surface area contributed by atoms with Crippen LogP contribution in [0.4, 0.5) is 5.69 Å². The molecule has 0 unspecified atom stereocenters. The number of esters is 1. The third kappa shape index (κ3) is 4.37. The van der Waals surface area contributed by atoms with Crippen LogP contribution in [-0.2, 0) is 9.53 Å². The molecule has 18 heavy (non-hydrogen) atoms. The molecule has 0 aliphatic carbocycles. The molecule has 1 aromatic carbocycles. The fraction of sp³-hybridized carbons (Fsp3) is 0.385. The van der Waals surface area contributed by atoms with Gasteiger partial charge in [0, 0.05) is 10.9 Å². The van der Waals surface area contributed by atoms with E-state index < -0.39 is 5.97 Å². The highest BCUT2D eigenvalue weighted by molar-refractivity contribution is 6.37. The summed E-state index contributed by atoms with van der Waals surface area (Å²) in [5.74, 6) is -0.405. The van der Waals surface area contributed by atoms with Crippen molar-refractivity contribution in [1.82, 2.24) is 0 Å². The summed E-state index contributed by atoms with van der Waals surface area (Å²) < 4.78 is 4.94. The topological polar surface area (TPSA) is 50.7 Å². The number of hydrazone groups is 1. The average molecular weight is 269 g/mol. The number of rotatable bonds is 5. The number of nitrogens with one attached hydrogen (secondary N) is 1. The number of ether oxygens (including phenoxy) is 1. The Kier molecular flexibility index (Phi) is 5.65. The van der Waals surface area contributed by atoms with Gasteiger partial charge in [0.1, 0.15) is 5.71 Å². The Morgan fingerprint density at radius 1 is 1.39 bits per heavy atom. The van der Waals surface area contributed by atoms with Crippen molar-refractivity contribution < 1.29 is 9.53 Å². The first-order chi connectivity index (χ1) is 8.54. The summed E-state index contributed by atoms with van der Waals surface area (Å²) in [6.07, 6.45) is 0. The SMILES string of the molecule is CCOC(=O)/C(=N/Nc1ccc(Cl)cc1)C(C)C. The molecular formula is C13H17ClN2O2. The number of halogens is 1. The van der Waals surface area contributed by atoms with Gasteiger partial charge in [0.05, 0.1) is 12.3 Å². The van der Waals surface area contributed by atoms with Crippen molar-refractivity contribution in [2.24, 2.45) is 11.0 Å². The number of hydrogen-bond acceptors (Lipinski definition) is 4. The van der Waals surface area contributed by atoms with E-state index in [1.165, 1.54) is 0 Å². The van der Waals surface area contributed by atoms with Crippen LogP contribution in [0.15, 0.2) is 29.4 Å². The second-order valence-corrected chi connectivity index (χ2v) is 4.43. The Labute approximate surface area is 112 Å². The molecule has 0 aliphatic rings. The van der Waals surface area contributed by atoms with E-state index in [9.17, 15) is 4.79 Å². The van der Waals surface area contributed by atoms with Gasteiger partial charge in [0.2, 0.25) is 0 Å². The van der Waals surface area contributed by atoms with Crippen LogP contribution >= 0.6 is 11.6 Å². The van der Waals surface area contributed by atoms with Crippen molar-refractivity contribution in [3.05, 3.63) is 29.3 Å². The van der Waals surface area contributed by atoms with Crippen molar-refractivity contribution >= 4 is 29.0 Å². The van der Waals surface area contributed by atoms with Crippen molar-refractivity contribution in [2.75, 3.05) is 12.0 Å². The van der Waals surface area contributed by atoms with Crippen LogP contribution in [0.2, 0.25) is 5.02 Å². The van der Waals surface area contributed by atoms with Gasteiger partial charge in [-0.1, -0.05) is 25.4 Å². The normalized spacial score (nSPS) is 11.5. The van der Waals surface area contributed by atoms with Crippen LogP contribution < -0.4 is 5.43 Å². The quantitative estimate of drug-likeness (QED) is 0.506. The Hall–Kier alpha value is -1.55. The molecule has 0 heterocycles. The summed E-state index contributed by atoms with van der Waals surface area (Å²) >= 11 is 5.78. The minimum atomic E-state index is -0.394. The molecular weight excluding hydrogens is 252 g/mol. The number of hydrogen-bond donors (Lipinski definition) is 1. The molecule has 0 radical (unpaired) electrons. The predicted molar refractivity (Wildman–Crippen MR) is 74.0 cm³/mol. The second kappa shape index (κ2) is 7.01. The number of nitrogens with zero attached hydrogens (tertiary/aromatic N) is 1. The molecule has 0 fully saturated rings. The molecule has 0 atom stereocenters. The molecule has 1 N–H and O–H groups in total. The van der Waals surface area contributed by atoms with Crippen LogP contribution in [-0.4, -0.2) is 18.3 Å². The summed E-state index contributed by atoms with van der Waals surface area (Å²) in [7, 11) is 0. The predicted octanol–water partition coefficient (Wildman–Crippen LogP) is 3.33. The molecule has 0 saturated heterocycles. The van der Waals surface area contributed by atoms with E-state index in [0.29, 0.717) is 17.3 Å². The van der Waals surface area contributed by atoms with Gasteiger partial charge in [-0.25, -0.2) is 4.79 Å². The third-order valence-electron chi connectivity index (χ3n) is 2.18. The van der Waals surface area contributed by atoms with Gasteiger partial charge < -0.3 is 4.74 Å². The Balaban J connectivity index is 2.77. The lowest BCUT2D eigenvalue weighted by molar-refractivity contribution is -0.135. The van der Waals surface area contributed by atoms with E-state index in [1.807, 2.05) is 13.8 Å². The van der Waals surface area contributed by atoms with Gasteiger partial charge in [-0.2, -0.15) is 5.10 Å². The van der Waals surface area contributed by atoms with Crippen LogP contribution in [0.1, 0.15) is 20.8 Å². The lowest BCUT2D eigenvalue weighted by Gasteiger charge is -2.09. The largest absolute Gasteiger partial charge is 0.461 e. The van der Waals surface area contributed by atoms with Gasteiger partial charge in [0.15, 0.2) is 0 Å². The van der Waals surface area contributed by atoms with E-state index in [0.717, 1.165) is 5.69 Å². The monoisotopic (exact) mass is 268 g/mol. The summed E-state index contributed by atoms with van der Waals surface area (Å²) in [6, 6.07) is 7.07. The average Bonchev–Trinajstić information content (AvgIpc) is 2.31. The smallest absolute Gasteiger partial charge is 0.354 e. The van der Waals surface area contributed by atoms with Crippen LogP contribution in [0, 0.1) is 5.92 Å². The van der Waals surface area contributed by atoms with E-state index >= 15 is 0 Å².